The van der Waals surface area contributed by atoms with Gasteiger partial charge in [-0.3, -0.25) is 9.69 Å². The lowest BCUT2D eigenvalue weighted by molar-refractivity contribution is -0.133. The zero-order chi connectivity index (χ0) is 17.2. The molecule has 0 saturated heterocycles. The number of hydrogen-bond donors (Lipinski definition) is 2. The minimum Gasteiger partial charge on any atom is -0.396 e. The predicted octanol–water partition coefficient (Wildman–Crippen LogP) is 2.29. The summed E-state index contributed by atoms with van der Waals surface area (Å²) >= 11 is 0. The Morgan fingerprint density at radius 3 is 2.92 bits per heavy atom. The van der Waals surface area contributed by atoms with Gasteiger partial charge in [-0.15, -0.1) is 0 Å². The Morgan fingerprint density at radius 2 is 2.12 bits per heavy atom. The van der Waals surface area contributed by atoms with Gasteiger partial charge in [-0.1, -0.05) is 18.2 Å². The van der Waals surface area contributed by atoms with Gasteiger partial charge in [-0.2, -0.15) is 0 Å². The van der Waals surface area contributed by atoms with Crippen molar-refractivity contribution in [3.05, 3.63) is 35.5 Å². The van der Waals surface area contributed by atoms with Gasteiger partial charge in [0.15, 0.2) is 0 Å². The van der Waals surface area contributed by atoms with Gasteiger partial charge in [0, 0.05) is 54.3 Å². The van der Waals surface area contributed by atoms with Crippen LogP contribution in [0.4, 0.5) is 0 Å². The maximum atomic E-state index is 12.9. The number of carbonyl (C=O) groups is 1. The summed E-state index contributed by atoms with van der Waals surface area (Å²) in [5.41, 5.74) is 3.74. The molecule has 2 N–H and O–H groups in total. The molecule has 1 aromatic carbocycles. The second kappa shape index (κ2) is 7.18. The fourth-order valence-electron chi connectivity index (χ4n) is 3.91. The molecule has 1 aliphatic carbocycles. The molecule has 0 radical (unpaired) electrons. The van der Waals surface area contributed by atoms with E-state index in [9.17, 15) is 4.79 Å². The highest BCUT2D eigenvalue weighted by molar-refractivity contribution is 5.86. The van der Waals surface area contributed by atoms with Gasteiger partial charge in [0.2, 0.25) is 5.91 Å². The Labute approximate surface area is 148 Å². The first-order chi connectivity index (χ1) is 12.3. The molecule has 0 atom stereocenters. The largest absolute Gasteiger partial charge is 0.396 e. The maximum absolute atomic E-state index is 12.9. The molecule has 25 heavy (non-hydrogen) atoms. The molecule has 1 aliphatic heterocycles. The van der Waals surface area contributed by atoms with E-state index in [2.05, 4.69) is 28.1 Å². The molecule has 134 valence electrons. The van der Waals surface area contributed by atoms with Crippen LogP contribution in [0.3, 0.4) is 0 Å². The van der Waals surface area contributed by atoms with E-state index in [0.29, 0.717) is 19.1 Å². The zero-order valence-electron chi connectivity index (χ0n) is 14.7. The lowest BCUT2D eigenvalue weighted by Crippen LogP contribution is -2.43. The van der Waals surface area contributed by atoms with Crippen molar-refractivity contribution in [1.29, 1.82) is 0 Å². The molecular formula is C20H27N3O2. The molecule has 5 heteroatoms. The second-order valence-electron chi connectivity index (χ2n) is 7.33. The number of nitrogens with zero attached hydrogens (tertiary/aromatic N) is 2. The van der Waals surface area contributed by atoms with E-state index in [0.717, 1.165) is 32.4 Å². The number of aromatic nitrogens is 1. The van der Waals surface area contributed by atoms with Crippen molar-refractivity contribution in [3.63, 3.8) is 0 Å². The number of hydrogen-bond acceptors (Lipinski definition) is 3. The van der Waals surface area contributed by atoms with Crippen LogP contribution in [0.15, 0.2) is 24.3 Å². The number of aliphatic hydroxyl groups is 1. The number of amides is 1. The number of unbranched alkanes of at least 4 members (excludes halogenated alkanes) is 1. The third-order valence-electron chi connectivity index (χ3n) is 5.49. The summed E-state index contributed by atoms with van der Waals surface area (Å²) in [7, 11) is 0. The molecule has 0 unspecified atom stereocenters. The molecule has 2 heterocycles. The van der Waals surface area contributed by atoms with Crippen molar-refractivity contribution in [2.75, 3.05) is 26.2 Å². The molecule has 0 spiro atoms. The highest BCUT2D eigenvalue weighted by Gasteiger charge is 2.32. The summed E-state index contributed by atoms with van der Waals surface area (Å²) in [5.74, 6) is 0.242. The summed E-state index contributed by atoms with van der Waals surface area (Å²) in [6, 6.07) is 8.94. The lowest BCUT2D eigenvalue weighted by atomic mass is 10.0. The number of rotatable bonds is 7. The zero-order valence-corrected chi connectivity index (χ0v) is 14.7. The Balaban J connectivity index is 1.42. The number of nitrogens with one attached hydrogen (secondary N) is 1. The quantitative estimate of drug-likeness (QED) is 0.760. The van der Waals surface area contributed by atoms with Crippen LogP contribution < -0.4 is 0 Å². The average molecular weight is 341 g/mol. The van der Waals surface area contributed by atoms with E-state index in [-0.39, 0.29) is 12.5 Å². The summed E-state index contributed by atoms with van der Waals surface area (Å²) in [5, 5.41) is 10.2. The Bertz CT molecular complexity index is 750. The third-order valence-corrected chi connectivity index (χ3v) is 5.49. The maximum Gasteiger partial charge on any atom is 0.237 e. The van der Waals surface area contributed by atoms with Crippen LogP contribution in [0, 0.1) is 0 Å². The minimum atomic E-state index is 0.238. The second-order valence-corrected chi connectivity index (χ2v) is 7.33. The first-order valence-corrected chi connectivity index (χ1v) is 9.47. The van der Waals surface area contributed by atoms with Crippen LogP contribution >= 0.6 is 0 Å². The first kappa shape index (κ1) is 16.6. The van der Waals surface area contributed by atoms with Gasteiger partial charge in [0.25, 0.3) is 0 Å². The van der Waals surface area contributed by atoms with Crippen molar-refractivity contribution in [2.24, 2.45) is 0 Å². The Morgan fingerprint density at radius 1 is 1.28 bits per heavy atom. The first-order valence-electron chi connectivity index (χ1n) is 9.47. The SMILES string of the molecule is O=C(CN(CCCCO)C1CC1)N1CCc2[nH]c3ccccc3c2C1. The molecular weight excluding hydrogens is 314 g/mol. The van der Waals surface area contributed by atoms with Crippen LogP contribution in [-0.4, -0.2) is 58.1 Å². The smallest absolute Gasteiger partial charge is 0.237 e. The highest BCUT2D eigenvalue weighted by Crippen LogP contribution is 2.29. The number of aliphatic hydroxyl groups excluding tert-OH is 1. The van der Waals surface area contributed by atoms with Crippen molar-refractivity contribution in [3.8, 4) is 0 Å². The van der Waals surface area contributed by atoms with Gasteiger partial charge in [-0.05, 0) is 38.3 Å². The van der Waals surface area contributed by atoms with E-state index in [1.807, 2.05) is 11.0 Å². The van der Waals surface area contributed by atoms with Gasteiger partial charge in [0.05, 0.1) is 6.54 Å². The fourth-order valence-corrected chi connectivity index (χ4v) is 3.91. The molecule has 1 aromatic heterocycles. The summed E-state index contributed by atoms with van der Waals surface area (Å²) in [6.45, 7) is 3.19. The van der Waals surface area contributed by atoms with Gasteiger partial charge in [0.1, 0.15) is 0 Å². The molecule has 0 bridgehead atoms. The molecule has 1 amide bonds. The fraction of sp³-hybridized carbons (Fsp3) is 0.550. The van der Waals surface area contributed by atoms with Gasteiger partial charge < -0.3 is 15.0 Å². The topological polar surface area (TPSA) is 59.6 Å². The monoisotopic (exact) mass is 341 g/mol. The molecule has 2 aromatic rings. The Kier molecular flexibility index (Phi) is 4.77. The number of aromatic amines is 1. The molecule has 1 saturated carbocycles. The molecule has 4 rings (SSSR count). The number of benzene rings is 1. The summed E-state index contributed by atoms with van der Waals surface area (Å²) < 4.78 is 0. The summed E-state index contributed by atoms with van der Waals surface area (Å²) in [4.78, 5) is 20.7. The number of carbonyl (C=O) groups excluding carboxylic acids is 1. The van der Waals surface area contributed by atoms with Crippen molar-refractivity contribution >= 4 is 16.8 Å². The summed E-state index contributed by atoms with van der Waals surface area (Å²) in [6.07, 6.45) is 5.11. The normalized spacial score (nSPS) is 17.3. The molecule has 1 fully saturated rings. The number of H-pyrrole nitrogens is 1. The van der Waals surface area contributed by atoms with Gasteiger partial charge in [-0.25, -0.2) is 0 Å². The van der Waals surface area contributed by atoms with Crippen LogP contribution in [0.5, 0.6) is 0 Å². The van der Waals surface area contributed by atoms with E-state index in [1.165, 1.54) is 35.0 Å². The van der Waals surface area contributed by atoms with E-state index in [1.54, 1.807) is 0 Å². The van der Waals surface area contributed by atoms with Crippen LogP contribution in [0.25, 0.3) is 10.9 Å². The molecule has 5 nitrogen and oxygen atoms in total. The van der Waals surface area contributed by atoms with Crippen LogP contribution in [-0.2, 0) is 17.8 Å². The van der Waals surface area contributed by atoms with Crippen molar-refractivity contribution < 1.29 is 9.90 Å². The van der Waals surface area contributed by atoms with Crippen molar-refractivity contribution in [2.45, 2.75) is 44.7 Å². The minimum absolute atomic E-state index is 0.238. The van der Waals surface area contributed by atoms with Crippen molar-refractivity contribution in [1.82, 2.24) is 14.8 Å². The lowest BCUT2D eigenvalue weighted by Gasteiger charge is -2.30. The number of fused-ring (bicyclic) bond motifs is 3. The van der Waals surface area contributed by atoms with E-state index >= 15 is 0 Å². The van der Waals surface area contributed by atoms with E-state index in [4.69, 9.17) is 5.11 Å². The van der Waals surface area contributed by atoms with Crippen LogP contribution in [0.1, 0.15) is 36.9 Å². The van der Waals surface area contributed by atoms with E-state index < -0.39 is 0 Å². The average Bonchev–Trinajstić information content (AvgIpc) is 3.41. The van der Waals surface area contributed by atoms with Gasteiger partial charge >= 0.3 is 0 Å². The molecule has 2 aliphatic rings. The van der Waals surface area contributed by atoms with Crippen LogP contribution in [0.2, 0.25) is 0 Å². The standard InChI is InChI=1S/C20H27N3O2/c24-12-4-3-10-22(15-7-8-15)14-20(25)23-11-9-19-17(13-23)16-5-1-2-6-18(16)21-19/h1-2,5-6,15,21,24H,3-4,7-14H2. The Hall–Kier alpha value is -1.85. The third kappa shape index (κ3) is 3.58. The predicted molar refractivity (Wildman–Crippen MR) is 98.3 cm³/mol. The number of para-hydroxylation sites is 1. The highest BCUT2D eigenvalue weighted by atomic mass is 16.3.